The molecule has 6 nitrogen and oxygen atoms in total. The summed E-state index contributed by atoms with van der Waals surface area (Å²) >= 11 is 0. The van der Waals surface area contributed by atoms with E-state index in [0.29, 0.717) is 19.0 Å². The van der Waals surface area contributed by atoms with Gasteiger partial charge in [0.05, 0.1) is 6.54 Å². The molecular formula is C16H31N3O3. The summed E-state index contributed by atoms with van der Waals surface area (Å²) in [6.07, 6.45) is 2.33. The molecule has 2 unspecified atom stereocenters. The fourth-order valence-corrected chi connectivity index (χ4v) is 2.39. The van der Waals surface area contributed by atoms with E-state index in [-0.39, 0.29) is 24.1 Å². The number of rotatable bonds is 6. The molecule has 1 aliphatic carbocycles. The summed E-state index contributed by atoms with van der Waals surface area (Å²) in [5.41, 5.74) is -0.477. The van der Waals surface area contributed by atoms with Gasteiger partial charge in [0.1, 0.15) is 5.60 Å². The zero-order valence-electron chi connectivity index (χ0n) is 14.5. The van der Waals surface area contributed by atoms with Crippen LogP contribution in [0.2, 0.25) is 0 Å². The predicted molar refractivity (Wildman–Crippen MR) is 86.6 cm³/mol. The molecule has 1 saturated carbocycles. The van der Waals surface area contributed by atoms with Crippen molar-refractivity contribution in [1.29, 1.82) is 0 Å². The minimum atomic E-state index is -0.477. The smallest absolute Gasteiger partial charge is 0.407 e. The standard InChI is InChI=1S/C16H31N3O3/c1-11(2)9-18-14(20)10-17-12-6-7-13(8-12)19-15(21)22-16(3,4)5/h11-13,17H,6-10H2,1-5H3,(H,18,20)(H,19,21). The van der Waals surface area contributed by atoms with Gasteiger partial charge in [-0.2, -0.15) is 0 Å². The van der Waals surface area contributed by atoms with Crippen molar-refractivity contribution in [3.05, 3.63) is 0 Å². The summed E-state index contributed by atoms with van der Waals surface area (Å²) in [4.78, 5) is 23.4. The van der Waals surface area contributed by atoms with Crippen LogP contribution in [0.3, 0.4) is 0 Å². The van der Waals surface area contributed by atoms with Crippen LogP contribution in [0, 0.1) is 5.92 Å². The van der Waals surface area contributed by atoms with Crippen molar-refractivity contribution in [2.45, 2.75) is 71.6 Å². The highest BCUT2D eigenvalue weighted by atomic mass is 16.6. The third kappa shape index (κ3) is 8.22. The maximum absolute atomic E-state index is 11.7. The number of carbonyl (C=O) groups excluding carboxylic acids is 2. The fraction of sp³-hybridized carbons (Fsp3) is 0.875. The van der Waals surface area contributed by atoms with Gasteiger partial charge in [0.15, 0.2) is 0 Å². The summed E-state index contributed by atoms with van der Waals surface area (Å²) in [5, 5.41) is 9.03. The van der Waals surface area contributed by atoms with E-state index >= 15 is 0 Å². The zero-order chi connectivity index (χ0) is 16.8. The van der Waals surface area contributed by atoms with E-state index in [1.54, 1.807) is 0 Å². The van der Waals surface area contributed by atoms with Crippen molar-refractivity contribution in [3.63, 3.8) is 0 Å². The lowest BCUT2D eigenvalue weighted by Crippen LogP contribution is -2.41. The highest BCUT2D eigenvalue weighted by Gasteiger charge is 2.27. The molecular weight excluding hydrogens is 282 g/mol. The third-order valence-corrected chi connectivity index (χ3v) is 3.41. The first kappa shape index (κ1) is 18.7. The molecule has 0 aromatic carbocycles. The molecule has 0 saturated heterocycles. The number of carbonyl (C=O) groups is 2. The Balaban J connectivity index is 2.20. The Kier molecular flexibility index (Phi) is 7.13. The molecule has 1 rings (SSSR count). The van der Waals surface area contributed by atoms with E-state index in [1.165, 1.54) is 0 Å². The topological polar surface area (TPSA) is 79.5 Å². The Hall–Kier alpha value is -1.30. The van der Waals surface area contributed by atoms with Crippen LogP contribution in [0.4, 0.5) is 4.79 Å². The maximum Gasteiger partial charge on any atom is 0.407 e. The van der Waals surface area contributed by atoms with Crippen LogP contribution in [-0.4, -0.2) is 42.8 Å². The van der Waals surface area contributed by atoms with Gasteiger partial charge in [-0.1, -0.05) is 13.8 Å². The van der Waals surface area contributed by atoms with Crippen molar-refractivity contribution in [3.8, 4) is 0 Å². The third-order valence-electron chi connectivity index (χ3n) is 3.41. The van der Waals surface area contributed by atoms with Crippen LogP contribution in [-0.2, 0) is 9.53 Å². The normalized spacial score (nSPS) is 21.7. The van der Waals surface area contributed by atoms with Crippen LogP contribution < -0.4 is 16.0 Å². The molecule has 1 fully saturated rings. The van der Waals surface area contributed by atoms with Gasteiger partial charge in [0.2, 0.25) is 5.91 Å². The Morgan fingerprint density at radius 2 is 1.82 bits per heavy atom. The van der Waals surface area contributed by atoms with Crippen LogP contribution >= 0.6 is 0 Å². The molecule has 128 valence electrons. The molecule has 1 aliphatic rings. The molecule has 6 heteroatoms. The summed E-state index contributed by atoms with van der Waals surface area (Å²) in [5.74, 6) is 0.482. The lowest BCUT2D eigenvalue weighted by atomic mass is 10.2. The first-order valence-electron chi connectivity index (χ1n) is 8.15. The van der Waals surface area contributed by atoms with Crippen LogP contribution in [0.25, 0.3) is 0 Å². The Morgan fingerprint density at radius 1 is 1.18 bits per heavy atom. The second-order valence-corrected chi connectivity index (χ2v) is 7.43. The van der Waals surface area contributed by atoms with Gasteiger partial charge in [-0.05, 0) is 46.0 Å². The number of nitrogens with one attached hydrogen (secondary N) is 3. The maximum atomic E-state index is 11.7. The van der Waals surface area contributed by atoms with Crippen LogP contribution in [0.1, 0.15) is 53.9 Å². The highest BCUT2D eigenvalue weighted by Crippen LogP contribution is 2.19. The predicted octanol–water partition coefficient (Wildman–Crippen LogP) is 1.79. The largest absolute Gasteiger partial charge is 0.444 e. The second-order valence-electron chi connectivity index (χ2n) is 7.43. The summed E-state index contributed by atoms with van der Waals surface area (Å²) in [6, 6.07) is 0.385. The Morgan fingerprint density at radius 3 is 2.41 bits per heavy atom. The number of ether oxygens (including phenoxy) is 1. The average molecular weight is 313 g/mol. The molecule has 0 radical (unpaired) electrons. The fourth-order valence-electron chi connectivity index (χ4n) is 2.39. The van der Waals surface area contributed by atoms with Gasteiger partial charge in [0, 0.05) is 18.6 Å². The Bertz CT molecular complexity index is 377. The van der Waals surface area contributed by atoms with Crippen LogP contribution in [0.15, 0.2) is 0 Å². The number of amides is 2. The number of alkyl carbamates (subject to hydrolysis) is 1. The average Bonchev–Trinajstić information content (AvgIpc) is 2.79. The zero-order valence-corrected chi connectivity index (χ0v) is 14.5. The van der Waals surface area contributed by atoms with E-state index in [9.17, 15) is 9.59 Å². The van der Waals surface area contributed by atoms with Crippen molar-refractivity contribution in [2.24, 2.45) is 5.92 Å². The molecule has 22 heavy (non-hydrogen) atoms. The minimum Gasteiger partial charge on any atom is -0.444 e. The highest BCUT2D eigenvalue weighted by molar-refractivity contribution is 5.78. The molecule has 0 aliphatic heterocycles. The van der Waals surface area contributed by atoms with Crippen molar-refractivity contribution < 1.29 is 14.3 Å². The molecule has 0 heterocycles. The van der Waals surface area contributed by atoms with Gasteiger partial charge >= 0.3 is 6.09 Å². The lowest BCUT2D eigenvalue weighted by Gasteiger charge is -2.21. The van der Waals surface area contributed by atoms with Gasteiger partial charge < -0.3 is 20.7 Å². The summed E-state index contributed by atoms with van der Waals surface area (Å²) < 4.78 is 5.25. The first-order chi connectivity index (χ1) is 10.2. The SMILES string of the molecule is CC(C)CNC(=O)CNC1CCC(NC(=O)OC(C)(C)C)C1. The van der Waals surface area contributed by atoms with Crippen molar-refractivity contribution in [2.75, 3.05) is 13.1 Å². The molecule has 0 bridgehead atoms. The van der Waals surface area contributed by atoms with Gasteiger partial charge in [0.25, 0.3) is 0 Å². The van der Waals surface area contributed by atoms with Crippen LogP contribution in [0.5, 0.6) is 0 Å². The Labute approximate surface area is 133 Å². The van der Waals surface area contributed by atoms with Crippen molar-refractivity contribution in [1.82, 2.24) is 16.0 Å². The van der Waals surface area contributed by atoms with E-state index in [0.717, 1.165) is 19.3 Å². The molecule has 2 amide bonds. The quantitative estimate of drug-likeness (QED) is 0.698. The first-order valence-corrected chi connectivity index (χ1v) is 8.15. The van der Waals surface area contributed by atoms with Gasteiger partial charge in [-0.25, -0.2) is 4.79 Å². The molecule has 0 spiro atoms. The second kappa shape index (κ2) is 8.36. The van der Waals surface area contributed by atoms with Gasteiger partial charge in [-0.15, -0.1) is 0 Å². The minimum absolute atomic E-state index is 0.0252. The monoisotopic (exact) mass is 313 g/mol. The molecule has 0 aromatic rings. The van der Waals surface area contributed by atoms with Gasteiger partial charge in [-0.3, -0.25) is 4.79 Å². The van der Waals surface area contributed by atoms with Crippen molar-refractivity contribution >= 4 is 12.0 Å². The lowest BCUT2D eigenvalue weighted by molar-refractivity contribution is -0.120. The molecule has 0 aromatic heterocycles. The molecule has 2 atom stereocenters. The summed E-state index contributed by atoms with van der Waals surface area (Å²) in [7, 11) is 0. The van der Waals surface area contributed by atoms with E-state index in [2.05, 4.69) is 29.8 Å². The summed E-state index contributed by atoms with van der Waals surface area (Å²) in [6.45, 7) is 10.7. The number of hydrogen-bond donors (Lipinski definition) is 3. The van der Waals surface area contributed by atoms with E-state index in [1.807, 2.05) is 20.8 Å². The number of hydrogen-bond acceptors (Lipinski definition) is 4. The van der Waals surface area contributed by atoms with E-state index < -0.39 is 5.60 Å². The molecule has 3 N–H and O–H groups in total. The van der Waals surface area contributed by atoms with E-state index in [4.69, 9.17) is 4.74 Å².